The van der Waals surface area contributed by atoms with Crippen LogP contribution in [0.2, 0.25) is 0 Å². The van der Waals surface area contributed by atoms with Crippen LogP contribution in [-0.4, -0.2) is 12.7 Å². The number of alkyl halides is 1. The lowest BCUT2D eigenvalue weighted by Crippen LogP contribution is -2.12. The van der Waals surface area contributed by atoms with Crippen LogP contribution >= 0.6 is 15.9 Å². The van der Waals surface area contributed by atoms with Crippen molar-refractivity contribution < 1.29 is 4.74 Å². The smallest absolute Gasteiger partial charge is 0.0741 e. The zero-order valence-corrected chi connectivity index (χ0v) is 12.2. The van der Waals surface area contributed by atoms with Crippen molar-refractivity contribution in [3.63, 3.8) is 0 Å². The maximum absolute atomic E-state index is 5.72. The summed E-state index contributed by atoms with van der Waals surface area (Å²) in [5.74, 6) is 0.721. The summed E-state index contributed by atoms with van der Waals surface area (Å²) in [5.41, 5.74) is 2.76. The Hall–Kier alpha value is -0.340. The number of hydrogen-bond donors (Lipinski definition) is 0. The molecule has 2 rings (SSSR count). The lowest BCUT2D eigenvalue weighted by atomic mass is 9.99. The van der Waals surface area contributed by atoms with Crippen molar-refractivity contribution in [2.45, 2.75) is 44.0 Å². The molecule has 1 aromatic carbocycles. The molecule has 1 aromatic rings. The highest BCUT2D eigenvalue weighted by atomic mass is 79.9. The number of hydrogen-bond acceptors (Lipinski definition) is 1. The predicted octanol–water partition coefficient (Wildman–Crippen LogP) is 4.50. The van der Waals surface area contributed by atoms with E-state index in [2.05, 4.69) is 54.0 Å². The summed E-state index contributed by atoms with van der Waals surface area (Å²) in [6.07, 6.45) is 3.88. The third kappa shape index (κ3) is 3.56. The molecular formula is C15H21BrO. The fourth-order valence-corrected chi connectivity index (χ4v) is 3.08. The van der Waals surface area contributed by atoms with E-state index >= 15 is 0 Å². The Morgan fingerprint density at radius 2 is 2.00 bits per heavy atom. The molecule has 0 bridgehead atoms. The van der Waals surface area contributed by atoms with Crippen molar-refractivity contribution in [1.82, 2.24) is 0 Å². The summed E-state index contributed by atoms with van der Waals surface area (Å²) >= 11 is 3.76. The highest BCUT2D eigenvalue weighted by molar-refractivity contribution is 9.09. The van der Waals surface area contributed by atoms with E-state index in [-0.39, 0.29) is 0 Å². The molecule has 1 saturated heterocycles. The van der Waals surface area contributed by atoms with Crippen molar-refractivity contribution in [3.05, 3.63) is 35.4 Å². The van der Waals surface area contributed by atoms with Gasteiger partial charge in [0, 0.05) is 6.61 Å². The molecule has 1 nitrogen and oxygen atoms in total. The molecule has 0 amide bonds. The lowest BCUT2D eigenvalue weighted by molar-refractivity contribution is 0.110. The van der Waals surface area contributed by atoms with Crippen molar-refractivity contribution in [2.24, 2.45) is 5.92 Å². The zero-order chi connectivity index (χ0) is 12.3. The van der Waals surface area contributed by atoms with Gasteiger partial charge >= 0.3 is 0 Å². The highest BCUT2D eigenvalue weighted by Crippen LogP contribution is 2.34. The topological polar surface area (TPSA) is 9.23 Å². The van der Waals surface area contributed by atoms with Gasteiger partial charge in [-0.15, -0.1) is 0 Å². The van der Waals surface area contributed by atoms with E-state index in [0.717, 1.165) is 18.9 Å². The van der Waals surface area contributed by atoms with Crippen molar-refractivity contribution in [2.75, 3.05) is 6.61 Å². The van der Waals surface area contributed by atoms with Gasteiger partial charge in [-0.2, -0.15) is 0 Å². The third-order valence-electron chi connectivity index (χ3n) is 3.23. The van der Waals surface area contributed by atoms with Crippen LogP contribution in [0.1, 0.15) is 42.6 Å². The van der Waals surface area contributed by atoms with Gasteiger partial charge in [-0.3, -0.25) is 0 Å². The van der Waals surface area contributed by atoms with Crippen LogP contribution in [0.5, 0.6) is 0 Å². The molecule has 1 fully saturated rings. The Balaban J connectivity index is 2.01. The maximum Gasteiger partial charge on any atom is 0.0741 e. The highest BCUT2D eigenvalue weighted by Gasteiger charge is 2.24. The van der Waals surface area contributed by atoms with Gasteiger partial charge in [0.1, 0.15) is 0 Å². The first-order chi connectivity index (χ1) is 8.16. The standard InChI is InChI=1S/C15H21BrO/c1-11(2)10-12-5-7-13(8-6-12)15(16)14-4-3-9-17-14/h5-8,11,14-15H,3-4,9-10H2,1-2H3. The molecule has 1 aliphatic heterocycles. The van der Waals surface area contributed by atoms with Gasteiger partial charge in [-0.05, 0) is 36.3 Å². The Labute approximate surface area is 113 Å². The van der Waals surface area contributed by atoms with E-state index in [1.54, 1.807) is 0 Å². The summed E-state index contributed by atoms with van der Waals surface area (Å²) in [5, 5.41) is 0. The predicted molar refractivity (Wildman–Crippen MR) is 75.6 cm³/mol. The van der Waals surface area contributed by atoms with Crippen LogP contribution < -0.4 is 0 Å². The van der Waals surface area contributed by atoms with Gasteiger partial charge < -0.3 is 4.74 Å². The SMILES string of the molecule is CC(C)Cc1ccc(C(Br)C2CCCO2)cc1. The Morgan fingerprint density at radius 1 is 1.29 bits per heavy atom. The molecule has 0 radical (unpaired) electrons. The average Bonchev–Trinajstić information content (AvgIpc) is 2.82. The van der Waals surface area contributed by atoms with Gasteiger partial charge in [0.2, 0.25) is 0 Å². The van der Waals surface area contributed by atoms with Crippen molar-refractivity contribution in [3.8, 4) is 0 Å². The first-order valence-corrected chi connectivity index (χ1v) is 7.43. The number of rotatable bonds is 4. The molecule has 2 atom stereocenters. The zero-order valence-electron chi connectivity index (χ0n) is 10.7. The van der Waals surface area contributed by atoms with Crippen LogP contribution in [-0.2, 0) is 11.2 Å². The quantitative estimate of drug-likeness (QED) is 0.743. The van der Waals surface area contributed by atoms with E-state index in [1.165, 1.54) is 24.0 Å². The summed E-state index contributed by atoms with van der Waals surface area (Å²) in [6, 6.07) is 8.97. The molecule has 0 N–H and O–H groups in total. The Kier molecular flexibility index (Phi) is 4.63. The summed E-state index contributed by atoms with van der Waals surface area (Å²) < 4.78 is 5.72. The van der Waals surface area contributed by atoms with E-state index in [4.69, 9.17) is 4.74 Å². The molecule has 2 heteroatoms. The third-order valence-corrected chi connectivity index (χ3v) is 4.35. The van der Waals surface area contributed by atoms with Gasteiger partial charge in [0.05, 0.1) is 10.9 Å². The van der Waals surface area contributed by atoms with Gasteiger partial charge in [-0.1, -0.05) is 54.0 Å². The van der Waals surface area contributed by atoms with Gasteiger partial charge in [-0.25, -0.2) is 0 Å². The molecule has 1 aliphatic rings. The van der Waals surface area contributed by atoms with Crippen molar-refractivity contribution >= 4 is 15.9 Å². The summed E-state index contributed by atoms with van der Waals surface area (Å²) in [6.45, 7) is 5.43. The molecule has 17 heavy (non-hydrogen) atoms. The number of benzene rings is 1. The minimum atomic E-state index is 0.345. The minimum Gasteiger partial charge on any atom is -0.377 e. The van der Waals surface area contributed by atoms with E-state index in [0.29, 0.717) is 10.9 Å². The molecule has 0 aliphatic carbocycles. The first kappa shape index (κ1) is 13.1. The molecule has 0 spiro atoms. The molecular weight excluding hydrogens is 276 g/mol. The normalized spacial score (nSPS) is 22.0. The molecule has 0 aromatic heterocycles. The van der Waals surface area contributed by atoms with Gasteiger partial charge in [0.15, 0.2) is 0 Å². The van der Waals surface area contributed by atoms with Crippen LogP contribution in [0.3, 0.4) is 0 Å². The number of halogens is 1. The van der Waals surface area contributed by atoms with Crippen LogP contribution in [0.15, 0.2) is 24.3 Å². The van der Waals surface area contributed by atoms with Gasteiger partial charge in [0.25, 0.3) is 0 Å². The maximum atomic E-state index is 5.72. The fraction of sp³-hybridized carbons (Fsp3) is 0.600. The minimum absolute atomic E-state index is 0.345. The second-order valence-electron chi connectivity index (χ2n) is 5.29. The summed E-state index contributed by atoms with van der Waals surface area (Å²) in [4.78, 5) is 0.345. The largest absolute Gasteiger partial charge is 0.377 e. The molecule has 2 unspecified atom stereocenters. The van der Waals surface area contributed by atoms with E-state index in [9.17, 15) is 0 Å². The first-order valence-electron chi connectivity index (χ1n) is 6.51. The second-order valence-corrected chi connectivity index (χ2v) is 6.28. The Morgan fingerprint density at radius 3 is 2.53 bits per heavy atom. The molecule has 1 heterocycles. The van der Waals surface area contributed by atoms with Crippen LogP contribution in [0.25, 0.3) is 0 Å². The van der Waals surface area contributed by atoms with Crippen molar-refractivity contribution in [1.29, 1.82) is 0 Å². The molecule has 94 valence electrons. The van der Waals surface area contributed by atoms with Crippen LogP contribution in [0.4, 0.5) is 0 Å². The fourth-order valence-electron chi connectivity index (χ4n) is 2.36. The average molecular weight is 297 g/mol. The monoisotopic (exact) mass is 296 g/mol. The second kappa shape index (κ2) is 6.01. The van der Waals surface area contributed by atoms with E-state index in [1.807, 2.05) is 0 Å². The molecule has 0 saturated carbocycles. The number of ether oxygens (including phenoxy) is 1. The van der Waals surface area contributed by atoms with Crippen LogP contribution in [0, 0.1) is 5.92 Å². The summed E-state index contributed by atoms with van der Waals surface area (Å²) in [7, 11) is 0. The van der Waals surface area contributed by atoms with E-state index < -0.39 is 0 Å². The lowest BCUT2D eigenvalue weighted by Gasteiger charge is -2.17. The Bertz CT molecular complexity index is 338.